The molecule has 0 spiro atoms. The molecule has 0 aromatic rings. The molecule has 0 saturated carbocycles. The van der Waals surface area contributed by atoms with Gasteiger partial charge in [-0.05, 0) is 32.9 Å². The summed E-state index contributed by atoms with van der Waals surface area (Å²) >= 11 is 0. The van der Waals surface area contributed by atoms with Gasteiger partial charge in [0.05, 0.1) is 6.10 Å². The molecule has 2 rings (SSSR count). The van der Waals surface area contributed by atoms with Gasteiger partial charge in [-0.3, -0.25) is 4.90 Å². The highest BCUT2D eigenvalue weighted by molar-refractivity contribution is 4.75. The van der Waals surface area contributed by atoms with E-state index in [9.17, 15) is 0 Å². The van der Waals surface area contributed by atoms with E-state index in [-0.39, 0.29) is 0 Å². The molecule has 1 N–H and O–H groups in total. The molecule has 0 bridgehead atoms. The summed E-state index contributed by atoms with van der Waals surface area (Å²) in [4.78, 5) is 2.32. The highest BCUT2D eigenvalue weighted by Crippen LogP contribution is 2.19. The topological polar surface area (TPSA) is 24.5 Å². The first-order chi connectivity index (χ1) is 5.86. The summed E-state index contributed by atoms with van der Waals surface area (Å²) in [6, 6.07) is 0. The van der Waals surface area contributed by atoms with Crippen LogP contribution in [0.2, 0.25) is 0 Å². The zero-order chi connectivity index (χ0) is 8.39. The largest absolute Gasteiger partial charge is 0.359 e. The van der Waals surface area contributed by atoms with Crippen LogP contribution in [-0.4, -0.2) is 43.9 Å². The number of hydrogen-bond donors (Lipinski definition) is 1. The Morgan fingerprint density at radius 1 is 1.42 bits per heavy atom. The molecule has 2 aliphatic rings. The normalized spacial score (nSPS) is 37.8. The van der Waals surface area contributed by atoms with E-state index in [1.54, 1.807) is 0 Å². The van der Waals surface area contributed by atoms with E-state index in [4.69, 9.17) is 4.74 Å². The first-order valence-corrected chi connectivity index (χ1v) is 4.92. The van der Waals surface area contributed by atoms with Gasteiger partial charge in [0.25, 0.3) is 0 Å². The van der Waals surface area contributed by atoms with Gasteiger partial charge in [-0.1, -0.05) is 0 Å². The van der Waals surface area contributed by atoms with Crippen molar-refractivity contribution >= 4 is 0 Å². The molecule has 2 saturated heterocycles. The van der Waals surface area contributed by atoms with E-state index in [2.05, 4.69) is 17.3 Å². The number of nitrogens with one attached hydrogen (secondary N) is 1. The molecule has 0 amide bonds. The standard InChI is InChI=1S/C9H18N2O/c1-11-6-2-3-9(11)12-8-4-5-10-7-8/h8-10H,2-7H2,1H3. The molecular formula is C9H18N2O. The second-order valence-corrected chi connectivity index (χ2v) is 3.83. The highest BCUT2D eigenvalue weighted by atomic mass is 16.5. The number of nitrogens with zero attached hydrogens (tertiary/aromatic N) is 1. The molecule has 0 aliphatic carbocycles. The second-order valence-electron chi connectivity index (χ2n) is 3.83. The molecule has 0 aromatic heterocycles. The molecule has 3 nitrogen and oxygen atoms in total. The van der Waals surface area contributed by atoms with E-state index in [0.717, 1.165) is 13.1 Å². The fourth-order valence-corrected chi connectivity index (χ4v) is 2.02. The van der Waals surface area contributed by atoms with Crippen molar-refractivity contribution in [2.45, 2.75) is 31.6 Å². The van der Waals surface area contributed by atoms with Crippen molar-refractivity contribution in [1.29, 1.82) is 0 Å². The Balaban J connectivity index is 1.77. The quantitative estimate of drug-likeness (QED) is 0.650. The van der Waals surface area contributed by atoms with Crippen LogP contribution in [0.25, 0.3) is 0 Å². The molecule has 2 fully saturated rings. The Morgan fingerprint density at radius 3 is 2.92 bits per heavy atom. The fourth-order valence-electron chi connectivity index (χ4n) is 2.02. The molecule has 3 heteroatoms. The van der Waals surface area contributed by atoms with Gasteiger partial charge in [0.2, 0.25) is 0 Å². The van der Waals surface area contributed by atoms with Gasteiger partial charge in [-0.15, -0.1) is 0 Å². The lowest BCUT2D eigenvalue weighted by Crippen LogP contribution is -2.32. The second kappa shape index (κ2) is 3.73. The number of hydrogen-bond acceptors (Lipinski definition) is 3. The number of rotatable bonds is 2. The van der Waals surface area contributed by atoms with E-state index in [1.807, 2.05) is 0 Å². The predicted molar refractivity (Wildman–Crippen MR) is 48.0 cm³/mol. The highest BCUT2D eigenvalue weighted by Gasteiger charge is 2.26. The van der Waals surface area contributed by atoms with Gasteiger partial charge in [-0.25, -0.2) is 0 Å². The molecule has 2 heterocycles. The lowest BCUT2D eigenvalue weighted by atomic mass is 10.3. The maximum Gasteiger partial charge on any atom is 0.110 e. The van der Waals surface area contributed by atoms with Crippen LogP contribution in [0.4, 0.5) is 0 Å². The van der Waals surface area contributed by atoms with Crippen LogP contribution in [0.1, 0.15) is 19.3 Å². The Bertz CT molecular complexity index is 145. The Kier molecular flexibility index (Phi) is 2.63. The van der Waals surface area contributed by atoms with Crippen LogP contribution in [0, 0.1) is 0 Å². The monoisotopic (exact) mass is 170 g/mol. The minimum absolute atomic E-state index is 0.398. The minimum atomic E-state index is 0.398. The summed E-state index contributed by atoms with van der Waals surface area (Å²) in [7, 11) is 2.15. The number of likely N-dealkylation sites (tertiary alicyclic amines) is 1. The third-order valence-electron chi connectivity index (χ3n) is 2.82. The lowest BCUT2D eigenvalue weighted by molar-refractivity contribution is -0.0633. The maximum atomic E-state index is 5.95. The third-order valence-corrected chi connectivity index (χ3v) is 2.82. The van der Waals surface area contributed by atoms with Gasteiger partial charge < -0.3 is 10.1 Å². The van der Waals surface area contributed by atoms with Crippen molar-refractivity contribution < 1.29 is 4.74 Å². The van der Waals surface area contributed by atoms with Crippen molar-refractivity contribution in [3.05, 3.63) is 0 Å². The molecule has 70 valence electrons. The van der Waals surface area contributed by atoms with Crippen LogP contribution in [0.3, 0.4) is 0 Å². The maximum absolute atomic E-state index is 5.95. The first-order valence-electron chi connectivity index (χ1n) is 4.92. The van der Waals surface area contributed by atoms with Crippen LogP contribution in [0.15, 0.2) is 0 Å². The van der Waals surface area contributed by atoms with Gasteiger partial charge in [-0.2, -0.15) is 0 Å². The van der Waals surface area contributed by atoms with Crippen LogP contribution in [-0.2, 0) is 4.74 Å². The van der Waals surface area contributed by atoms with Crippen molar-refractivity contribution in [2.75, 3.05) is 26.7 Å². The Labute approximate surface area is 74.1 Å². The van der Waals surface area contributed by atoms with E-state index < -0.39 is 0 Å². The summed E-state index contributed by atoms with van der Waals surface area (Å²) in [5.41, 5.74) is 0. The lowest BCUT2D eigenvalue weighted by Gasteiger charge is -2.23. The molecule has 2 atom stereocenters. The van der Waals surface area contributed by atoms with Crippen molar-refractivity contribution in [1.82, 2.24) is 10.2 Å². The average molecular weight is 170 g/mol. The first kappa shape index (κ1) is 8.48. The predicted octanol–water partition coefficient (Wildman–Crippen LogP) is 0.417. The summed E-state index contributed by atoms with van der Waals surface area (Å²) in [6.07, 6.45) is 4.56. The van der Waals surface area contributed by atoms with Crippen LogP contribution >= 0.6 is 0 Å². The van der Waals surface area contributed by atoms with Gasteiger partial charge in [0.15, 0.2) is 0 Å². The van der Waals surface area contributed by atoms with Crippen LogP contribution < -0.4 is 5.32 Å². The van der Waals surface area contributed by atoms with Crippen molar-refractivity contribution in [2.24, 2.45) is 0 Å². The summed E-state index contributed by atoms with van der Waals surface area (Å²) in [6.45, 7) is 3.37. The summed E-state index contributed by atoms with van der Waals surface area (Å²) in [5, 5.41) is 3.32. The molecule has 2 unspecified atom stereocenters. The van der Waals surface area contributed by atoms with Gasteiger partial charge in [0, 0.05) is 13.1 Å². The van der Waals surface area contributed by atoms with E-state index >= 15 is 0 Å². The SMILES string of the molecule is CN1CCCC1OC1CCNC1. The van der Waals surface area contributed by atoms with E-state index in [0.29, 0.717) is 12.3 Å². The Hall–Kier alpha value is -0.120. The van der Waals surface area contributed by atoms with Crippen molar-refractivity contribution in [3.8, 4) is 0 Å². The molecule has 0 aromatic carbocycles. The fraction of sp³-hybridized carbons (Fsp3) is 1.00. The average Bonchev–Trinajstić information content (AvgIpc) is 2.65. The number of ether oxygens (including phenoxy) is 1. The molecule has 12 heavy (non-hydrogen) atoms. The zero-order valence-electron chi connectivity index (χ0n) is 7.75. The summed E-state index contributed by atoms with van der Waals surface area (Å²) < 4.78 is 5.95. The zero-order valence-corrected chi connectivity index (χ0v) is 7.75. The van der Waals surface area contributed by atoms with Gasteiger partial charge in [0.1, 0.15) is 6.23 Å². The summed E-state index contributed by atoms with van der Waals surface area (Å²) in [5.74, 6) is 0. The van der Waals surface area contributed by atoms with Crippen LogP contribution in [0.5, 0.6) is 0 Å². The minimum Gasteiger partial charge on any atom is -0.359 e. The van der Waals surface area contributed by atoms with E-state index in [1.165, 1.54) is 25.8 Å². The molecule has 0 radical (unpaired) electrons. The third kappa shape index (κ3) is 1.79. The molecular weight excluding hydrogens is 152 g/mol. The van der Waals surface area contributed by atoms with Gasteiger partial charge >= 0.3 is 0 Å². The van der Waals surface area contributed by atoms with Crippen molar-refractivity contribution in [3.63, 3.8) is 0 Å². The smallest absolute Gasteiger partial charge is 0.110 e. The Morgan fingerprint density at radius 2 is 2.33 bits per heavy atom. The molecule has 2 aliphatic heterocycles.